The fourth-order valence-electron chi connectivity index (χ4n) is 3.78. The van der Waals surface area contributed by atoms with Gasteiger partial charge in [-0.2, -0.15) is 0 Å². The molecular formula is C23H28N2O4S. The van der Waals surface area contributed by atoms with E-state index in [1.807, 2.05) is 44.3 Å². The number of benzene rings is 1. The molecule has 6 nitrogen and oxygen atoms in total. The number of hydrogen-bond donors (Lipinski definition) is 1. The molecule has 3 rings (SSSR count). The SMILES string of the molecule is COc1ccc(/C(O)=C2\C(=O)C(=O)N(CCCN(C)C)C2c2sccc2C)c(C)c1. The van der Waals surface area contributed by atoms with Crippen LogP contribution in [-0.4, -0.2) is 60.9 Å². The van der Waals surface area contributed by atoms with Crippen molar-refractivity contribution in [2.45, 2.75) is 26.3 Å². The third-order valence-electron chi connectivity index (χ3n) is 5.38. The predicted molar refractivity (Wildman–Crippen MR) is 119 cm³/mol. The smallest absolute Gasteiger partial charge is 0.295 e. The molecule has 7 heteroatoms. The number of carbonyl (C=O) groups excluding carboxylic acids is 2. The number of methoxy groups -OCH3 is 1. The summed E-state index contributed by atoms with van der Waals surface area (Å²) in [5.74, 6) is -0.662. The fraction of sp³-hybridized carbons (Fsp3) is 0.391. The second-order valence-corrected chi connectivity index (χ2v) is 8.75. The number of nitrogens with zero attached hydrogens (tertiary/aromatic N) is 2. The maximum atomic E-state index is 13.0. The molecule has 0 aliphatic carbocycles. The molecule has 1 atom stereocenters. The molecule has 1 aliphatic rings. The number of thiophene rings is 1. The number of amides is 1. The van der Waals surface area contributed by atoms with Gasteiger partial charge in [0.25, 0.3) is 11.7 Å². The number of aryl methyl sites for hydroxylation is 2. The Bertz CT molecular complexity index is 993. The minimum Gasteiger partial charge on any atom is -0.507 e. The Morgan fingerprint density at radius 2 is 1.93 bits per heavy atom. The van der Waals surface area contributed by atoms with Crippen LogP contribution >= 0.6 is 11.3 Å². The molecule has 0 saturated carbocycles. The van der Waals surface area contributed by atoms with Crippen LogP contribution in [0.25, 0.3) is 5.76 Å². The summed E-state index contributed by atoms with van der Waals surface area (Å²) >= 11 is 1.50. The van der Waals surface area contributed by atoms with Crippen LogP contribution in [0.15, 0.2) is 35.2 Å². The number of aliphatic hydroxyl groups is 1. The molecule has 30 heavy (non-hydrogen) atoms. The van der Waals surface area contributed by atoms with Crippen LogP contribution in [0, 0.1) is 13.8 Å². The van der Waals surface area contributed by atoms with E-state index in [-0.39, 0.29) is 11.3 Å². The third kappa shape index (κ3) is 4.13. The number of Topliss-reactive ketones (excluding diaryl/α,β-unsaturated/α-hetero) is 1. The van der Waals surface area contributed by atoms with Gasteiger partial charge in [-0.15, -0.1) is 11.3 Å². The Labute approximate surface area is 181 Å². The zero-order valence-electron chi connectivity index (χ0n) is 18.1. The first-order valence-electron chi connectivity index (χ1n) is 9.88. The van der Waals surface area contributed by atoms with Gasteiger partial charge < -0.3 is 19.6 Å². The van der Waals surface area contributed by atoms with E-state index in [0.29, 0.717) is 17.9 Å². The van der Waals surface area contributed by atoms with E-state index in [4.69, 9.17) is 4.74 Å². The summed E-state index contributed by atoms with van der Waals surface area (Å²) in [6.07, 6.45) is 0.739. The molecule has 1 saturated heterocycles. The van der Waals surface area contributed by atoms with Crippen molar-refractivity contribution in [3.8, 4) is 5.75 Å². The zero-order chi connectivity index (χ0) is 22.0. The topological polar surface area (TPSA) is 70.1 Å². The van der Waals surface area contributed by atoms with Gasteiger partial charge in [0.1, 0.15) is 11.5 Å². The van der Waals surface area contributed by atoms with Crippen molar-refractivity contribution in [3.63, 3.8) is 0 Å². The Balaban J connectivity index is 2.11. The Morgan fingerprint density at radius 3 is 2.50 bits per heavy atom. The van der Waals surface area contributed by atoms with E-state index in [9.17, 15) is 14.7 Å². The largest absolute Gasteiger partial charge is 0.507 e. The summed E-state index contributed by atoms with van der Waals surface area (Å²) in [4.78, 5) is 30.5. The van der Waals surface area contributed by atoms with Crippen LogP contribution in [0.5, 0.6) is 5.75 Å². The molecule has 1 unspecified atom stereocenters. The predicted octanol–water partition coefficient (Wildman–Crippen LogP) is 3.75. The highest BCUT2D eigenvalue weighted by atomic mass is 32.1. The molecule has 1 N–H and O–H groups in total. The van der Waals surface area contributed by atoms with Crippen LogP contribution in [0.1, 0.15) is 34.0 Å². The second kappa shape index (κ2) is 9.02. The number of rotatable bonds is 7. The molecule has 1 fully saturated rings. The molecule has 2 aromatic rings. The lowest BCUT2D eigenvalue weighted by molar-refractivity contribution is -0.139. The molecular weight excluding hydrogens is 400 g/mol. The van der Waals surface area contributed by atoms with Crippen LogP contribution in [-0.2, 0) is 9.59 Å². The van der Waals surface area contributed by atoms with Crippen molar-refractivity contribution in [1.82, 2.24) is 9.80 Å². The fourth-order valence-corrected chi connectivity index (χ4v) is 4.83. The highest BCUT2D eigenvalue weighted by Gasteiger charge is 2.46. The quantitative estimate of drug-likeness (QED) is 0.413. The van der Waals surface area contributed by atoms with Gasteiger partial charge in [-0.25, -0.2) is 0 Å². The number of carbonyl (C=O) groups is 2. The maximum absolute atomic E-state index is 13.0. The summed E-state index contributed by atoms with van der Waals surface area (Å²) in [5.41, 5.74) is 2.46. The van der Waals surface area contributed by atoms with Crippen molar-refractivity contribution in [3.05, 3.63) is 56.8 Å². The van der Waals surface area contributed by atoms with Gasteiger partial charge >= 0.3 is 0 Å². The van der Waals surface area contributed by atoms with E-state index in [1.165, 1.54) is 11.3 Å². The lowest BCUT2D eigenvalue weighted by atomic mass is 9.96. The molecule has 0 bridgehead atoms. The van der Waals surface area contributed by atoms with E-state index < -0.39 is 17.7 Å². The average Bonchev–Trinajstić information content (AvgIpc) is 3.22. The normalized spacial score (nSPS) is 18.5. The highest BCUT2D eigenvalue weighted by Crippen LogP contribution is 2.43. The first-order chi connectivity index (χ1) is 14.3. The van der Waals surface area contributed by atoms with Crippen molar-refractivity contribution in [2.75, 3.05) is 34.3 Å². The molecule has 160 valence electrons. The minimum absolute atomic E-state index is 0.138. The first kappa shape index (κ1) is 22.1. The van der Waals surface area contributed by atoms with Crippen LogP contribution in [0.4, 0.5) is 0 Å². The highest BCUT2D eigenvalue weighted by molar-refractivity contribution is 7.10. The molecule has 1 amide bonds. The monoisotopic (exact) mass is 428 g/mol. The first-order valence-corrected chi connectivity index (χ1v) is 10.8. The van der Waals surface area contributed by atoms with Gasteiger partial charge in [0, 0.05) is 17.0 Å². The van der Waals surface area contributed by atoms with Crippen LogP contribution in [0.3, 0.4) is 0 Å². The lowest BCUT2D eigenvalue weighted by Crippen LogP contribution is -2.32. The molecule has 2 heterocycles. The van der Waals surface area contributed by atoms with Crippen molar-refractivity contribution >= 4 is 28.8 Å². The number of hydrogen-bond acceptors (Lipinski definition) is 6. The molecule has 1 aliphatic heterocycles. The lowest BCUT2D eigenvalue weighted by Gasteiger charge is -2.25. The standard InChI is InChI=1S/C23H28N2O4S/c1-14-9-12-30-22(14)19-18(20(26)17-8-7-16(29-5)13-15(17)2)21(27)23(28)25(19)11-6-10-24(3)4/h7-9,12-13,19,26H,6,10-11H2,1-5H3/b20-18+. The van der Waals surface area contributed by atoms with E-state index >= 15 is 0 Å². The Morgan fingerprint density at radius 1 is 1.20 bits per heavy atom. The zero-order valence-corrected chi connectivity index (χ0v) is 18.9. The molecule has 0 spiro atoms. The van der Waals surface area contributed by atoms with Gasteiger partial charge in [-0.1, -0.05) is 0 Å². The van der Waals surface area contributed by atoms with Crippen molar-refractivity contribution in [2.24, 2.45) is 0 Å². The second-order valence-electron chi connectivity index (χ2n) is 7.80. The minimum atomic E-state index is -0.634. The molecule has 1 aromatic heterocycles. The van der Waals surface area contributed by atoms with Gasteiger partial charge in [-0.3, -0.25) is 9.59 Å². The van der Waals surface area contributed by atoms with Gasteiger partial charge in [-0.05, 0) is 81.7 Å². The van der Waals surface area contributed by atoms with Gasteiger partial charge in [0.05, 0.1) is 18.7 Å². The van der Waals surface area contributed by atoms with Gasteiger partial charge in [0.15, 0.2) is 0 Å². The number of ketones is 1. The molecule has 0 radical (unpaired) electrons. The molecule has 1 aromatic carbocycles. The maximum Gasteiger partial charge on any atom is 0.295 e. The van der Waals surface area contributed by atoms with Crippen molar-refractivity contribution < 1.29 is 19.4 Å². The number of ether oxygens (including phenoxy) is 1. The van der Waals surface area contributed by atoms with Crippen LogP contribution < -0.4 is 4.74 Å². The summed E-state index contributed by atoms with van der Waals surface area (Å²) in [5, 5.41) is 13.1. The number of aliphatic hydroxyl groups excluding tert-OH is 1. The van der Waals surface area contributed by atoms with Crippen molar-refractivity contribution in [1.29, 1.82) is 0 Å². The summed E-state index contributed by atoms with van der Waals surface area (Å²) in [7, 11) is 5.52. The number of likely N-dealkylation sites (tertiary alicyclic amines) is 1. The van der Waals surface area contributed by atoms with Crippen LogP contribution in [0.2, 0.25) is 0 Å². The average molecular weight is 429 g/mol. The van der Waals surface area contributed by atoms with E-state index in [1.54, 1.807) is 30.2 Å². The van der Waals surface area contributed by atoms with E-state index in [2.05, 4.69) is 0 Å². The summed E-state index contributed by atoms with van der Waals surface area (Å²) in [6, 6.07) is 6.65. The summed E-state index contributed by atoms with van der Waals surface area (Å²) in [6.45, 7) is 5.06. The third-order valence-corrected chi connectivity index (χ3v) is 6.45. The van der Waals surface area contributed by atoms with E-state index in [0.717, 1.165) is 29.0 Å². The Kier molecular flexibility index (Phi) is 6.63. The summed E-state index contributed by atoms with van der Waals surface area (Å²) < 4.78 is 5.24. The Hall–Kier alpha value is -2.64. The van der Waals surface area contributed by atoms with Gasteiger partial charge in [0.2, 0.25) is 0 Å².